The van der Waals surface area contributed by atoms with Gasteiger partial charge in [0.25, 0.3) is 0 Å². The smallest absolute Gasteiger partial charge is 0.0819 e. The summed E-state index contributed by atoms with van der Waals surface area (Å²) in [6, 6.07) is 0. The van der Waals surface area contributed by atoms with E-state index in [4.69, 9.17) is 5.26 Å². The lowest BCUT2D eigenvalue weighted by atomic mass is 9.72. The molecule has 0 rings (SSSR count). The maximum absolute atomic E-state index is 8.25. The van der Waals surface area contributed by atoms with Crippen molar-refractivity contribution in [2.24, 2.45) is 5.41 Å². The van der Waals surface area contributed by atoms with Gasteiger partial charge >= 0.3 is 0 Å². The summed E-state index contributed by atoms with van der Waals surface area (Å²) in [5.74, 6) is 0. The SMILES string of the molecule is CCCC(CCC)(CCC)CCCCCCCCCCOO. The molecule has 0 aliphatic rings. The molecule has 0 aromatic rings. The van der Waals surface area contributed by atoms with Crippen LogP contribution in [0.25, 0.3) is 0 Å². The summed E-state index contributed by atoms with van der Waals surface area (Å²) < 4.78 is 0. The molecule has 0 spiro atoms. The lowest BCUT2D eigenvalue weighted by molar-refractivity contribution is -0.242. The van der Waals surface area contributed by atoms with Gasteiger partial charge in [0.05, 0.1) is 6.61 Å². The summed E-state index contributed by atoms with van der Waals surface area (Å²) in [5.41, 5.74) is 0.655. The van der Waals surface area contributed by atoms with Gasteiger partial charge in [-0.3, -0.25) is 5.26 Å². The first-order valence-corrected chi connectivity index (χ1v) is 10.0. The monoisotopic (exact) mass is 314 g/mol. The van der Waals surface area contributed by atoms with Crippen LogP contribution in [0.3, 0.4) is 0 Å². The zero-order valence-electron chi connectivity index (χ0n) is 15.7. The van der Waals surface area contributed by atoms with Gasteiger partial charge in [0.15, 0.2) is 0 Å². The normalized spacial score (nSPS) is 12.0. The zero-order chi connectivity index (χ0) is 16.5. The van der Waals surface area contributed by atoms with Gasteiger partial charge in [-0.05, 0) is 37.5 Å². The van der Waals surface area contributed by atoms with Crippen LogP contribution in [0, 0.1) is 5.41 Å². The summed E-state index contributed by atoms with van der Waals surface area (Å²) in [6.45, 7) is 7.54. The van der Waals surface area contributed by atoms with Crippen LogP contribution in [0.15, 0.2) is 0 Å². The molecule has 0 saturated heterocycles. The number of rotatable bonds is 17. The highest BCUT2D eigenvalue weighted by Gasteiger charge is 2.26. The van der Waals surface area contributed by atoms with Gasteiger partial charge in [-0.2, -0.15) is 0 Å². The second-order valence-corrected chi connectivity index (χ2v) is 7.16. The van der Waals surface area contributed by atoms with Gasteiger partial charge in [0.1, 0.15) is 0 Å². The quantitative estimate of drug-likeness (QED) is 0.172. The molecule has 2 heteroatoms. The van der Waals surface area contributed by atoms with E-state index < -0.39 is 0 Å². The van der Waals surface area contributed by atoms with Crippen molar-refractivity contribution in [1.29, 1.82) is 0 Å². The van der Waals surface area contributed by atoms with Crippen LogP contribution < -0.4 is 0 Å². The maximum Gasteiger partial charge on any atom is 0.0819 e. The van der Waals surface area contributed by atoms with Crippen molar-refractivity contribution in [1.82, 2.24) is 0 Å². The van der Waals surface area contributed by atoms with Gasteiger partial charge in [-0.1, -0.05) is 85.0 Å². The Kier molecular flexibility index (Phi) is 15.7. The average molecular weight is 315 g/mol. The van der Waals surface area contributed by atoms with Crippen LogP contribution in [-0.2, 0) is 4.89 Å². The summed E-state index contributed by atoms with van der Waals surface area (Å²) in [4.78, 5) is 4.09. The van der Waals surface area contributed by atoms with Crippen LogP contribution in [0.4, 0.5) is 0 Å². The highest BCUT2D eigenvalue weighted by atomic mass is 17.1. The lowest BCUT2D eigenvalue weighted by Gasteiger charge is -2.34. The Labute approximate surface area is 140 Å². The Bertz CT molecular complexity index is 199. The standard InChI is InChI=1S/C20H42O2/c1-4-15-20(16-5-2,17-6-3)18-13-11-9-7-8-10-12-14-19-22-21/h21H,4-19H2,1-3H3. The minimum absolute atomic E-state index is 0.494. The first-order valence-electron chi connectivity index (χ1n) is 10.0. The first-order chi connectivity index (χ1) is 10.7. The van der Waals surface area contributed by atoms with E-state index in [1.807, 2.05) is 0 Å². The second kappa shape index (κ2) is 15.8. The molecule has 0 aliphatic carbocycles. The minimum atomic E-state index is 0.494. The fourth-order valence-corrected chi connectivity index (χ4v) is 4.07. The molecule has 0 bridgehead atoms. The Morgan fingerprint density at radius 2 is 1.00 bits per heavy atom. The molecule has 0 fully saturated rings. The van der Waals surface area contributed by atoms with Crippen molar-refractivity contribution in [3.63, 3.8) is 0 Å². The van der Waals surface area contributed by atoms with Gasteiger partial charge in [-0.15, -0.1) is 0 Å². The fourth-order valence-electron chi connectivity index (χ4n) is 4.07. The van der Waals surface area contributed by atoms with Crippen LogP contribution in [0.1, 0.15) is 117 Å². The van der Waals surface area contributed by atoms with E-state index in [0.717, 1.165) is 6.42 Å². The lowest BCUT2D eigenvalue weighted by Crippen LogP contribution is -2.20. The van der Waals surface area contributed by atoms with Gasteiger partial charge in [-0.25, -0.2) is 4.89 Å². The molecule has 0 aliphatic heterocycles. The molecule has 0 aromatic heterocycles. The molecule has 0 atom stereocenters. The molecule has 1 N–H and O–H groups in total. The second-order valence-electron chi connectivity index (χ2n) is 7.16. The van der Waals surface area contributed by atoms with Crippen molar-refractivity contribution in [3.05, 3.63) is 0 Å². The van der Waals surface area contributed by atoms with E-state index in [1.165, 1.54) is 89.9 Å². The maximum atomic E-state index is 8.25. The summed E-state index contributed by atoms with van der Waals surface area (Å²) in [7, 11) is 0. The molecule has 0 aromatic carbocycles. The summed E-state index contributed by atoms with van der Waals surface area (Å²) in [5, 5.41) is 8.25. The zero-order valence-corrected chi connectivity index (χ0v) is 15.7. The minimum Gasteiger partial charge on any atom is -0.252 e. The number of hydrogen-bond acceptors (Lipinski definition) is 2. The molecule has 0 amide bonds. The Hall–Kier alpha value is -0.0800. The largest absolute Gasteiger partial charge is 0.252 e. The number of unbranched alkanes of at least 4 members (excludes halogenated alkanes) is 7. The molecular formula is C20H42O2. The molecule has 0 unspecified atom stereocenters. The van der Waals surface area contributed by atoms with E-state index in [9.17, 15) is 0 Å². The average Bonchev–Trinajstić information content (AvgIpc) is 2.50. The Balaban J connectivity index is 3.70. The van der Waals surface area contributed by atoms with Crippen molar-refractivity contribution >= 4 is 0 Å². The van der Waals surface area contributed by atoms with E-state index in [1.54, 1.807) is 0 Å². The predicted molar refractivity (Wildman–Crippen MR) is 97.3 cm³/mol. The Morgan fingerprint density at radius 1 is 0.591 bits per heavy atom. The highest BCUT2D eigenvalue weighted by molar-refractivity contribution is 4.78. The molecule has 22 heavy (non-hydrogen) atoms. The molecule has 0 radical (unpaired) electrons. The van der Waals surface area contributed by atoms with Crippen LogP contribution in [0.2, 0.25) is 0 Å². The third-order valence-corrected chi connectivity index (χ3v) is 5.03. The topological polar surface area (TPSA) is 29.5 Å². The van der Waals surface area contributed by atoms with Crippen molar-refractivity contribution in [3.8, 4) is 0 Å². The van der Waals surface area contributed by atoms with E-state index in [2.05, 4.69) is 25.7 Å². The van der Waals surface area contributed by atoms with Crippen molar-refractivity contribution in [2.75, 3.05) is 6.61 Å². The van der Waals surface area contributed by atoms with Crippen LogP contribution in [-0.4, -0.2) is 11.9 Å². The highest BCUT2D eigenvalue weighted by Crippen LogP contribution is 2.40. The fraction of sp³-hybridized carbons (Fsp3) is 1.00. The molecular weight excluding hydrogens is 272 g/mol. The van der Waals surface area contributed by atoms with Crippen molar-refractivity contribution in [2.45, 2.75) is 117 Å². The van der Waals surface area contributed by atoms with Crippen LogP contribution in [0.5, 0.6) is 0 Å². The molecule has 0 saturated carbocycles. The van der Waals surface area contributed by atoms with Gasteiger partial charge in [0, 0.05) is 0 Å². The van der Waals surface area contributed by atoms with Crippen LogP contribution >= 0.6 is 0 Å². The predicted octanol–water partition coefficient (Wildman–Crippen LogP) is 7.37. The molecule has 134 valence electrons. The van der Waals surface area contributed by atoms with Gasteiger partial charge < -0.3 is 0 Å². The summed E-state index contributed by atoms with van der Waals surface area (Å²) in [6.07, 6.45) is 20.2. The van der Waals surface area contributed by atoms with Crippen molar-refractivity contribution < 1.29 is 10.1 Å². The third-order valence-electron chi connectivity index (χ3n) is 5.03. The van der Waals surface area contributed by atoms with E-state index in [-0.39, 0.29) is 0 Å². The number of hydrogen-bond donors (Lipinski definition) is 1. The van der Waals surface area contributed by atoms with Gasteiger partial charge in [0.2, 0.25) is 0 Å². The summed E-state index contributed by atoms with van der Waals surface area (Å²) >= 11 is 0. The third kappa shape index (κ3) is 11.5. The van der Waals surface area contributed by atoms with E-state index in [0.29, 0.717) is 12.0 Å². The Morgan fingerprint density at radius 3 is 1.41 bits per heavy atom. The molecule has 2 nitrogen and oxygen atoms in total. The van der Waals surface area contributed by atoms with E-state index >= 15 is 0 Å². The molecule has 0 heterocycles. The first kappa shape index (κ1) is 21.9.